The molecule has 1 aromatic carbocycles. The second-order valence-electron chi connectivity index (χ2n) is 12.0. The molecule has 3 fully saturated rings. The highest BCUT2D eigenvalue weighted by Crippen LogP contribution is 2.60. The highest BCUT2D eigenvalue weighted by Gasteiger charge is 2.54. The van der Waals surface area contributed by atoms with Crippen molar-refractivity contribution in [3.63, 3.8) is 0 Å². The van der Waals surface area contributed by atoms with Gasteiger partial charge in [-0.3, -0.25) is 4.98 Å². The Morgan fingerprint density at radius 3 is 2.21 bits per heavy atom. The average Bonchev–Trinajstić information content (AvgIpc) is 3.21. The van der Waals surface area contributed by atoms with Crippen LogP contribution in [-0.2, 0) is 32.4 Å². The van der Waals surface area contributed by atoms with Gasteiger partial charge >= 0.3 is 6.18 Å². The zero-order valence-corrected chi connectivity index (χ0v) is 21.5. The van der Waals surface area contributed by atoms with E-state index in [0.717, 1.165) is 78.7 Å². The molecule has 2 aromatic rings. The molecule has 2 aliphatic carbocycles. The van der Waals surface area contributed by atoms with Crippen LogP contribution in [0.3, 0.4) is 0 Å². The van der Waals surface area contributed by atoms with Crippen molar-refractivity contribution in [2.24, 2.45) is 5.41 Å². The number of nitrogens with zero attached hydrogens (tertiary/aromatic N) is 1. The summed E-state index contributed by atoms with van der Waals surface area (Å²) in [6, 6.07) is 5.37. The van der Waals surface area contributed by atoms with Gasteiger partial charge in [0.25, 0.3) is 0 Å². The molecule has 7 rings (SSSR count). The van der Waals surface area contributed by atoms with Crippen molar-refractivity contribution in [2.45, 2.75) is 87.7 Å². The maximum atomic E-state index is 13.4. The fourth-order valence-corrected chi connectivity index (χ4v) is 7.71. The Hall–Kier alpha value is -2.00. The normalized spacial score (nSPS) is 28.2. The third kappa shape index (κ3) is 3.94. The number of halogens is 3. The zero-order valence-electron chi connectivity index (χ0n) is 21.5. The molecule has 38 heavy (non-hydrogen) atoms. The molecule has 2 unspecified atom stereocenters. The molecule has 1 saturated carbocycles. The van der Waals surface area contributed by atoms with Crippen LogP contribution in [0.25, 0.3) is 0 Å². The fourth-order valence-electron chi connectivity index (χ4n) is 7.71. The summed E-state index contributed by atoms with van der Waals surface area (Å²) >= 11 is 0. The molecule has 4 heterocycles. The Balaban J connectivity index is 1.43. The minimum absolute atomic E-state index is 0.135. The smallest absolute Gasteiger partial charge is 0.388 e. The van der Waals surface area contributed by atoms with Gasteiger partial charge < -0.3 is 19.3 Å². The predicted octanol–water partition coefficient (Wildman–Crippen LogP) is 6.27. The number of pyridine rings is 1. The van der Waals surface area contributed by atoms with Gasteiger partial charge in [-0.2, -0.15) is 13.2 Å². The summed E-state index contributed by atoms with van der Waals surface area (Å²) in [5, 5.41) is 11.7. The average molecular weight is 530 g/mol. The molecular weight excluding hydrogens is 495 g/mol. The van der Waals surface area contributed by atoms with E-state index < -0.39 is 29.5 Å². The van der Waals surface area contributed by atoms with E-state index in [1.807, 2.05) is 0 Å². The second-order valence-corrected chi connectivity index (χ2v) is 12.0. The van der Waals surface area contributed by atoms with Gasteiger partial charge in [-0.25, -0.2) is 0 Å². The van der Waals surface area contributed by atoms with Crippen LogP contribution in [0.1, 0.15) is 109 Å². The maximum Gasteiger partial charge on any atom is 0.416 e. The summed E-state index contributed by atoms with van der Waals surface area (Å²) in [6.07, 6.45) is 2.51. The number of fused-ring (bicyclic) bond motifs is 4. The van der Waals surface area contributed by atoms with Crippen molar-refractivity contribution in [1.82, 2.24) is 4.98 Å². The van der Waals surface area contributed by atoms with Gasteiger partial charge in [0.15, 0.2) is 0 Å². The van der Waals surface area contributed by atoms with Gasteiger partial charge in [0.1, 0.15) is 6.10 Å². The van der Waals surface area contributed by atoms with E-state index in [4.69, 9.17) is 19.2 Å². The van der Waals surface area contributed by atoms with Crippen LogP contribution in [0.5, 0.6) is 0 Å². The summed E-state index contributed by atoms with van der Waals surface area (Å²) in [5.41, 5.74) is 4.47. The molecule has 8 heteroatoms. The Bertz CT molecular complexity index is 1210. The third-order valence-electron chi connectivity index (χ3n) is 9.81. The fraction of sp³-hybridized carbons (Fsp3) is 0.633. The molecule has 1 aromatic heterocycles. The SMILES string of the molecule is OC1CC2(CCC2)Cc2nc(C3CCOCC3)c3c(c21)C1(CCOCC1)OC3c1ccc(C(F)(F)F)cc1. The molecule has 2 saturated heterocycles. The molecule has 204 valence electrons. The number of aliphatic hydroxyl groups is 1. The number of ether oxygens (including phenoxy) is 3. The van der Waals surface area contributed by atoms with Gasteiger partial charge in [0.2, 0.25) is 0 Å². The van der Waals surface area contributed by atoms with Gasteiger partial charge in [-0.1, -0.05) is 18.6 Å². The lowest BCUT2D eigenvalue weighted by molar-refractivity contribution is -0.137. The predicted molar refractivity (Wildman–Crippen MR) is 133 cm³/mol. The van der Waals surface area contributed by atoms with Crippen LogP contribution < -0.4 is 0 Å². The van der Waals surface area contributed by atoms with E-state index in [-0.39, 0.29) is 11.3 Å². The first-order valence-electron chi connectivity index (χ1n) is 14.0. The molecule has 0 radical (unpaired) electrons. The largest absolute Gasteiger partial charge is 0.416 e. The molecule has 5 aliphatic rings. The molecule has 5 nitrogen and oxygen atoms in total. The van der Waals surface area contributed by atoms with Crippen LogP contribution in [-0.4, -0.2) is 36.5 Å². The topological polar surface area (TPSA) is 60.8 Å². The number of hydrogen-bond acceptors (Lipinski definition) is 5. The van der Waals surface area contributed by atoms with E-state index >= 15 is 0 Å². The number of aromatic nitrogens is 1. The molecule has 0 amide bonds. The second kappa shape index (κ2) is 9.01. The summed E-state index contributed by atoms with van der Waals surface area (Å²) in [6.45, 7) is 2.41. The Kier molecular flexibility index (Phi) is 5.93. The highest BCUT2D eigenvalue weighted by atomic mass is 19.4. The minimum Gasteiger partial charge on any atom is -0.388 e. The van der Waals surface area contributed by atoms with Crippen LogP contribution >= 0.6 is 0 Å². The number of benzene rings is 1. The van der Waals surface area contributed by atoms with Crippen molar-refractivity contribution >= 4 is 0 Å². The van der Waals surface area contributed by atoms with Crippen LogP contribution in [0.15, 0.2) is 24.3 Å². The number of rotatable bonds is 2. The van der Waals surface area contributed by atoms with E-state index in [2.05, 4.69) is 0 Å². The molecule has 3 aliphatic heterocycles. The molecule has 1 N–H and O–H groups in total. The lowest BCUT2D eigenvalue weighted by Gasteiger charge is -2.48. The van der Waals surface area contributed by atoms with Crippen LogP contribution in [0.2, 0.25) is 0 Å². The van der Waals surface area contributed by atoms with Crippen molar-refractivity contribution in [3.05, 3.63) is 63.5 Å². The van der Waals surface area contributed by atoms with Crippen molar-refractivity contribution in [1.29, 1.82) is 0 Å². The highest BCUT2D eigenvalue weighted by molar-refractivity contribution is 5.55. The molecular formula is C30H34F3NO4. The number of alkyl halides is 3. The third-order valence-corrected chi connectivity index (χ3v) is 9.81. The lowest BCUT2D eigenvalue weighted by Crippen LogP contribution is -2.41. The van der Waals surface area contributed by atoms with Gasteiger partial charge in [-0.15, -0.1) is 0 Å². The Labute approximate surface area is 220 Å². The first-order valence-corrected chi connectivity index (χ1v) is 14.0. The quantitative estimate of drug-likeness (QED) is 0.497. The van der Waals surface area contributed by atoms with E-state index in [1.165, 1.54) is 6.42 Å². The number of aliphatic hydroxyl groups excluding tert-OH is 1. The van der Waals surface area contributed by atoms with E-state index in [0.29, 0.717) is 44.8 Å². The lowest BCUT2D eigenvalue weighted by atomic mass is 9.58. The number of hydrogen-bond donors (Lipinski definition) is 1. The van der Waals surface area contributed by atoms with Gasteiger partial charge in [0, 0.05) is 62.0 Å². The molecule has 2 spiro atoms. The summed E-state index contributed by atoms with van der Waals surface area (Å²) in [7, 11) is 0. The van der Waals surface area contributed by atoms with Gasteiger partial charge in [0.05, 0.1) is 23.0 Å². The zero-order chi connectivity index (χ0) is 26.1. The maximum absolute atomic E-state index is 13.4. The van der Waals surface area contributed by atoms with Crippen molar-refractivity contribution < 1.29 is 32.5 Å². The van der Waals surface area contributed by atoms with Crippen LogP contribution in [0, 0.1) is 5.41 Å². The Morgan fingerprint density at radius 1 is 0.895 bits per heavy atom. The van der Waals surface area contributed by atoms with Gasteiger partial charge in [-0.05, 0) is 67.2 Å². The summed E-state index contributed by atoms with van der Waals surface area (Å²) in [5.74, 6) is 0.190. The summed E-state index contributed by atoms with van der Waals surface area (Å²) < 4.78 is 58.5. The first-order chi connectivity index (χ1) is 18.3. The monoisotopic (exact) mass is 529 g/mol. The molecule has 0 bridgehead atoms. The first kappa shape index (κ1) is 25.0. The standard InChI is InChI=1S/C30H34F3NO4/c31-30(32,33)20-4-2-19(3-5-20)27-24-25(29(38-27)10-14-37-15-11-29)23-21(16-28(8-1-9-28)17-22(23)35)34-26(24)18-6-12-36-13-7-18/h2-5,18,22,27,35H,1,6-17H2. The van der Waals surface area contributed by atoms with Crippen molar-refractivity contribution in [3.8, 4) is 0 Å². The molecule has 2 atom stereocenters. The Morgan fingerprint density at radius 2 is 1.58 bits per heavy atom. The van der Waals surface area contributed by atoms with E-state index in [9.17, 15) is 18.3 Å². The van der Waals surface area contributed by atoms with Crippen molar-refractivity contribution in [2.75, 3.05) is 26.4 Å². The summed E-state index contributed by atoms with van der Waals surface area (Å²) in [4.78, 5) is 5.34. The van der Waals surface area contributed by atoms with Crippen LogP contribution in [0.4, 0.5) is 13.2 Å². The van der Waals surface area contributed by atoms with E-state index in [1.54, 1.807) is 12.1 Å². The minimum atomic E-state index is -4.40.